The number of carbonyl (C=O) groups excluding carboxylic acids is 1. The number of nitro groups is 1. The Morgan fingerprint density at radius 2 is 2.10 bits per heavy atom. The van der Waals surface area contributed by atoms with Crippen molar-refractivity contribution in [1.82, 2.24) is 4.98 Å². The lowest BCUT2D eigenvalue weighted by molar-refractivity contribution is -0.385. The average molecular weight is 336 g/mol. The fraction of sp³-hybridized carbons (Fsp3) is 0.0769. The highest BCUT2D eigenvalue weighted by Crippen LogP contribution is 2.20. The van der Waals surface area contributed by atoms with Crippen LogP contribution in [0.2, 0.25) is 0 Å². The van der Waals surface area contributed by atoms with E-state index in [4.69, 9.17) is 0 Å². The molecule has 0 spiro atoms. The average Bonchev–Trinajstić information content (AvgIpc) is 2.41. The second-order valence-corrected chi connectivity index (χ2v) is 4.89. The maximum atomic E-state index is 12.0. The van der Waals surface area contributed by atoms with Gasteiger partial charge in [-0.2, -0.15) is 0 Å². The molecule has 0 atom stereocenters. The summed E-state index contributed by atoms with van der Waals surface area (Å²) in [6.07, 6.45) is 1.49. The number of benzene rings is 1. The first-order chi connectivity index (χ1) is 9.47. The molecule has 20 heavy (non-hydrogen) atoms. The van der Waals surface area contributed by atoms with E-state index in [0.29, 0.717) is 15.9 Å². The monoisotopic (exact) mass is 335 g/mol. The summed E-state index contributed by atoms with van der Waals surface area (Å²) in [7, 11) is 0. The number of rotatable bonds is 3. The van der Waals surface area contributed by atoms with Crippen LogP contribution in [0, 0.1) is 17.0 Å². The van der Waals surface area contributed by atoms with E-state index in [9.17, 15) is 14.9 Å². The van der Waals surface area contributed by atoms with Crippen LogP contribution in [0.4, 0.5) is 11.4 Å². The predicted molar refractivity (Wildman–Crippen MR) is 77.7 cm³/mol. The van der Waals surface area contributed by atoms with Crippen molar-refractivity contribution in [2.75, 3.05) is 5.32 Å². The fourth-order valence-electron chi connectivity index (χ4n) is 1.60. The maximum absolute atomic E-state index is 12.0. The van der Waals surface area contributed by atoms with Crippen molar-refractivity contribution in [3.05, 3.63) is 62.4 Å². The molecular weight excluding hydrogens is 326 g/mol. The molecule has 1 N–H and O–H groups in total. The van der Waals surface area contributed by atoms with Gasteiger partial charge in [0.1, 0.15) is 4.60 Å². The van der Waals surface area contributed by atoms with Gasteiger partial charge in [0.25, 0.3) is 11.6 Å². The number of nitro benzene ring substituents is 1. The van der Waals surface area contributed by atoms with Gasteiger partial charge >= 0.3 is 0 Å². The van der Waals surface area contributed by atoms with Crippen molar-refractivity contribution < 1.29 is 9.72 Å². The zero-order valence-electron chi connectivity index (χ0n) is 10.5. The highest BCUT2D eigenvalue weighted by molar-refractivity contribution is 9.10. The number of nitrogens with one attached hydrogen (secondary N) is 1. The van der Waals surface area contributed by atoms with Gasteiger partial charge in [0.05, 0.1) is 16.8 Å². The summed E-state index contributed by atoms with van der Waals surface area (Å²) < 4.78 is 0.654. The minimum Gasteiger partial charge on any atom is -0.321 e. The third-order valence-electron chi connectivity index (χ3n) is 2.65. The maximum Gasteiger partial charge on any atom is 0.273 e. The molecule has 2 aromatic rings. The zero-order chi connectivity index (χ0) is 14.7. The van der Waals surface area contributed by atoms with Crippen molar-refractivity contribution in [2.24, 2.45) is 0 Å². The molecule has 0 aliphatic rings. The molecule has 7 heteroatoms. The number of anilines is 1. The van der Waals surface area contributed by atoms with Gasteiger partial charge in [0.2, 0.25) is 0 Å². The summed E-state index contributed by atoms with van der Waals surface area (Å²) in [5, 5.41) is 13.5. The molecule has 0 fully saturated rings. The van der Waals surface area contributed by atoms with Crippen LogP contribution in [0.5, 0.6) is 0 Å². The fourth-order valence-corrected chi connectivity index (χ4v) is 1.83. The van der Waals surface area contributed by atoms with Crippen LogP contribution in [0.3, 0.4) is 0 Å². The number of aromatic nitrogens is 1. The van der Waals surface area contributed by atoms with Crippen LogP contribution < -0.4 is 5.32 Å². The van der Waals surface area contributed by atoms with E-state index >= 15 is 0 Å². The lowest BCUT2D eigenvalue weighted by atomic mass is 10.1. The van der Waals surface area contributed by atoms with Crippen LogP contribution >= 0.6 is 15.9 Å². The van der Waals surface area contributed by atoms with Crippen LogP contribution in [0.25, 0.3) is 0 Å². The predicted octanol–water partition coefficient (Wildman–Crippen LogP) is 3.31. The third kappa shape index (κ3) is 3.18. The summed E-state index contributed by atoms with van der Waals surface area (Å²) in [5.74, 6) is -0.419. The Kier molecular flexibility index (Phi) is 4.09. The van der Waals surface area contributed by atoms with Crippen molar-refractivity contribution in [3.63, 3.8) is 0 Å². The Morgan fingerprint density at radius 3 is 2.70 bits per heavy atom. The smallest absolute Gasteiger partial charge is 0.273 e. The highest BCUT2D eigenvalue weighted by Gasteiger charge is 2.15. The standard InChI is InChI=1S/C13H10BrN3O3/c1-8-2-3-9(6-11(8)17(19)20)13(18)16-10-4-5-12(14)15-7-10/h2-7H,1H3,(H,16,18). The van der Waals surface area contributed by atoms with E-state index in [1.54, 1.807) is 31.2 Å². The van der Waals surface area contributed by atoms with Crippen molar-refractivity contribution in [3.8, 4) is 0 Å². The lowest BCUT2D eigenvalue weighted by Crippen LogP contribution is -2.12. The van der Waals surface area contributed by atoms with Gasteiger partial charge in [-0.05, 0) is 41.1 Å². The van der Waals surface area contributed by atoms with Crippen LogP contribution in [-0.2, 0) is 0 Å². The molecule has 0 unspecified atom stereocenters. The first kappa shape index (κ1) is 14.1. The number of hydrogen-bond acceptors (Lipinski definition) is 4. The van der Waals surface area contributed by atoms with Crippen LogP contribution in [0.15, 0.2) is 41.1 Å². The minimum atomic E-state index is -0.507. The quantitative estimate of drug-likeness (QED) is 0.529. The molecular formula is C13H10BrN3O3. The Balaban J connectivity index is 2.23. The second-order valence-electron chi connectivity index (χ2n) is 4.08. The molecule has 0 saturated carbocycles. The molecule has 0 bridgehead atoms. The molecule has 1 aromatic carbocycles. The van der Waals surface area contributed by atoms with E-state index < -0.39 is 10.8 Å². The van der Waals surface area contributed by atoms with E-state index in [-0.39, 0.29) is 11.3 Å². The molecule has 0 aliphatic heterocycles. The number of aryl methyl sites for hydroxylation is 1. The molecule has 1 amide bonds. The summed E-state index contributed by atoms with van der Waals surface area (Å²) in [6.45, 7) is 1.62. The van der Waals surface area contributed by atoms with Gasteiger partial charge in [0.15, 0.2) is 0 Å². The van der Waals surface area contributed by atoms with Crippen molar-refractivity contribution in [1.29, 1.82) is 0 Å². The second kappa shape index (κ2) is 5.79. The van der Waals surface area contributed by atoms with E-state index in [1.807, 2.05) is 0 Å². The molecule has 1 heterocycles. The van der Waals surface area contributed by atoms with Gasteiger partial charge in [0, 0.05) is 17.2 Å². The summed E-state index contributed by atoms with van der Waals surface area (Å²) >= 11 is 3.19. The van der Waals surface area contributed by atoms with Crippen LogP contribution in [-0.4, -0.2) is 15.8 Å². The Morgan fingerprint density at radius 1 is 1.35 bits per heavy atom. The Labute approximate surface area is 123 Å². The summed E-state index contributed by atoms with van der Waals surface area (Å²) in [5.41, 5.74) is 1.18. The van der Waals surface area contributed by atoms with Crippen LogP contribution in [0.1, 0.15) is 15.9 Å². The molecule has 102 valence electrons. The number of amides is 1. The molecule has 0 saturated heterocycles. The molecule has 1 aromatic heterocycles. The number of halogens is 1. The van der Waals surface area contributed by atoms with Gasteiger partial charge in [-0.1, -0.05) is 6.07 Å². The van der Waals surface area contributed by atoms with E-state index in [0.717, 1.165) is 0 Å². The molecule has 0 aliphatic carbocycles. The van der Waals surface area contributed by atoms with Gasteiger partial charge < -0.3 is 5.32 Å². The lowest BCUT2D eigenvalue weighted by Gasteiger charge is -2.05. The minimum absolute atomic E-state index is 0.0772. The Bertz CT molecular complexity index is 671. The number of pyridine rings is 1. The topological polar surface area (TPSA) is 85.1 Å². The Hall–Kier alpha value is -2.28. The molecule has 0 radical (unpaired) electrons. The normalized spacial score (nSPS) is 10.1. The third-order valence-corrected chi connectivity index (χ3v) is 3.12. The van der Waals surface area contributed by atoms with Crippen molar-refractivity contribution >= 4 is 33.2 Å². The number of carbonyl (C=O) groups is 1. The number of nitrogens with zero attached hydrogens (tertiary/aromatic N) is 2. The molecule has 2 rings (SSSR count). The first-order valence-electron chi connectivity index (χ1n) is 5.65. The van der Waals surface area contributed by atoms with Gasteiger partial charge in [-0.3, -0.25) is 14.9 Å². The van der Waals surface area contributed by atoms with Gasteiger partial charge in [-0.25, -0.2) is 4.98 Å². The summed E-state index contributed by atoms with van der Waals surface area (Å²) in [4.78, 5) is 26.3. The zero-order valence-corrected chi connectivity index (χ0v) is 12.0. The number of hydrogen-bond donors (Lipinski definition) is 1. The first-order valence-corrected chi connectivity index (χ1v) is 6.44. The van der Waals surface area contributed by atoms with E-state index in [1.165, 1.54) is 12.3 Å². The SMILES string of the molecule is Cc1ccc(C(=O)Nc2ccc(Br)nc2)cc1[N+](=O)[O-]. The van der Waals surface area contributed by atoms with E-state index in [2.05, 4.69) is 26.2 Å². The molecule has 6 nitrogen and oxygen atoms in total. The van der Waals surface area contributed by atoms with Gasteiger partial charge in [-0.15, -0.1) is 0 Å². The van der Waals surface area contributed by atoms with Crippen molar-refractivity contribution in [2.45, 2.75) is 6.92 Å². The largest absolute Gasteiger partial charge is 0.321 e. The highest BCUT2D eigenvalue weighted by atomic mass is 79.9. The summed E-state index contributed by atoms with van der Waals surface area (Å²) in [6, 6.07) is 7.72.